The quantitative estimate of drug-likeness (QED) is 0.563. The first kappa shape index (κ1) is 7.15. The molecule has 0 aromatic heterocycles. The van der Waals surface area contributed by atoms with E-state index in [1.807, 2.05) is 30.3 Å². The van der Waals surface area contributed by atoms with Crippen molar-refractivity contribution < 1.29 is 4.52 Å². The standard InChI is InChI=1S/C8H6ClOP/c9-8-5-6-3-1-2-4-7(6)10-11-8/h1-5,11H. The minimum absolute atomic E-state index is 0.269. The van der Waals surface area contributed by atoms with Gasteiger partial charge in [0, 0.05) is 5.56 Å². The molecule has 2 rings (SSSR count). The van der Waals surface area contributed by atoms with Crippen molar-refractivity contribution in [3.63, 3.8) is 0 Å². The van der Waals surface area contributed by atoms with Gasteiger partial charge in [-0.2, -0.15) is 0 Å². The van der Waals surface area contributed by atoms with Crippen LogP contribution in [-0.4, -0.2) is 0 Å². The third-order valence-electron chi connectivity index (χ3n) is 1.46. The van der Waals surface area contributed by atoms with Crippen LogP contribution in [0.25, 0.3) is 6.08 Å². The highest BCUT2D eigenvalue weighted by atomic mass is 35.5. The van der Waals surface area contributed by atoms with Crippen molar-refractivity contribution in [3.05, 3.63) is 34.6 Å². The van der Waals surface area contributed by atoms with Gasteiger partial charge in [-0.05, 0) is 12.1 Å². The Labute approximate surface area is 71.9 Å². The zero-order valence-electron chi connectivity index (χ0n) is 5.67. The van der Waals surface area contributed by atoms with Crippen LogP contribution in [0.3, 0.4) is 0 Å². The molecule has 0 radical (unpaired) electrons. The van der Waals surface area contributed by atoms with Gasteiger partial charge in [0.15, 0.2) is 0 Å². The van der Waals surface area contributed by atoms with E-state index in [2.05, 4.69) is 0 Å². The number of hydrogen-bond acceptors (Lipinski definition) is 1. The summed E-state index contributed by atoms with van der Waals surface area (Å²) in [5.41, 5.74) is 1.07. The molecule has 1 aliphatic heterocycles. The number of fused-ring (bicyclic) bond motifs is 1. The van der Waals surface area contributed by atoms with E-state index in [1.165, 1.54) is 0 Å². The van der Waals surface area contributed by atoms with Crippen LogP contribution in [0, 0.1) is 0 Å². The molecular formula is C8H6ClOP. The third-order valence-corrected chi connectivity index (χ3v) is 2.46. The van der Waals surface area contributed by atoms with Gasteiger partial charge < -0.3 is 4.52 Å². The molecule has 3 heteroatoms. The van der Waals surface area contributed by atoms with Crippen LogP contribution >= 0.6 is 20.4 Å². The number of para-hydroxylation sites is 1. The van der Waals surface area contributed by atoms with E-state index < -0.39 is 0 Å². The Bertz CT molecular complexity index is 309. The zero-order chi connectivity index (χ0) is 7.68. The fourth-order valence-electron chi connectivity index (χ4n) is 0.962. The van der Waals surface area contributed by atoms with E-state index in [-0.39, 0.29) is 8.81 Å². The number of benzene rings is 1. The van der Waals surface area contributed by atoms with Gasteiger partial charge in [0.05, 0.1) is 4.77 Å². The van der Waals surface area contributed by atoms with E-state index in [0.29, 0.717) is 0 Å². The maximum Gasteiger partial charge on any atom is 0.130 e. The molecule has 1 unspecified atom stereocenters. The van der Waals surface area contributed by atoms with Gasteiger partial charge in [0.2, 0.25) is 0 Å². The molecule has 1 aliphatic rings. The summed E-state index contributed by atoms with van der Waals surface area (Å²) in [4.78, 5) is 0. The maximum atomic E-state index is 5.79. The summed E-state index contributed by atoms with van der Waals surface area (Å²) in [5, 5.41) is 0. The smallest absolute Gasteiger partial charge is 0.130 e. The fraction of sp³-hybridized carbons (Fsp3) is 0. The summed E-state index contributed by atoms with van der Waals surface area (Å²) < 4.78 is 6.14. The lowest BCUT2D eigenvalue weighted by Gasteiger charge is -2.12. The van der Waals surface area contributed by atoms with Crippen LogP contribution < -0.4 is 4.52 Å². The molecule has 0 saturated heterocycles. The van der Waals surface area contributed by atoms with E-state index >= 15 is 0 Å². The van der Waals surface area contributed by atoms with Gasteiger partial charge in [-0.25, -0.2) is 0 Å². The normalized spacial score (nSPS) is 17.0. The highest BCUT2D eigenvalue weighted by Crippen LogP contribution is 2.39. The molecule has 1 heterocycles. The minimum Gasteiger partial charge on any atom is -0.471 e. The van der Waals surface area contributed by atoms with Crippen molar-refractivity contribution in [2.24, 2.45) is 0 Å². The Morgan fingerprint density at radius 1 is 1.27 bits per heavy atom. The van der Waals surface area contributed by atoms with E-state index in [0.717, 1.165) is 16.1 Å². The highest BCUT2D eigenvalue weighted by molar-refractivity contribution is 7.42. The molecular weight excluding hydrogens is 179 g/mol. The van der Waals surface area contributed by atoms with Crippen LogP contribution in [0.1, 0.15) is 5.56 Å². The topological polar surface area (TPSA) is 9.23 Å². The summed E-state index contributed by atoms with van der Waals surface area (Å²) in [7, 11) is 0.269. The van der Waals surface area contributed by atoms with Gasteiger partial charge in [-0.15, -0.1) is 0 Å². The highest BCUT2D eigenvalue weighted by Gasteiger charge is 2.07. The average Bonchev–Trinajstić information content (AvgIpc) is 2.04. The van der Waals surface area contributed by atoms with Gasteiger partial charge in [0.25, 0.3) is 0 Å². The maximum absolute atomic E-state index is 5.79. The first-order valence-corrected chi connectivity index (χ1v) is 4.54. The molecule has 0 N–H and O–H groups in total. The fourth-order valence-corrected chi connectivity index (χ4v) is 1.80. The number of rotatable bonds is 0. The second-order valence-corrected chi connectivity index (χ2v) is 3.91. The summed E-state index contributed by atoms with van der Waals surface area (Å²) >= 11 is 5.79. The monoisotopic (exact) mass is 184 g/mol. The van der Waals surface area contributed by atoms with Crippen LogP contribution in [0.2, 0.25) is 0 Å². The van der Waals surface area contributed by atoms with Crippen molar-refractivity contribution >= 4 is 26.5 Å². The minimum atomic E-state index is 0.269. The summed E-state index contributed by atoms with van der Waals surface area (Å²) in [6.45, 7) is 0. The van der Waals surface area contributed by atoms with Crippen molar-refractivity contribution in [1.82, 2.24) is 0 Å². The van der Waals surface area contributed by atoms with Gasteiger partial charge in [-0.3, -0.25) is 0 Å². The van der Waals surface area contributed by atoms with E-state index in [1.54, 1.807) is 0 Å². The van der Waals surface area contributed by atoms with Crippen LogP contribution in [0.5, 0.6) is 5.75 Å². The summed E-state index contributed by atoms with van der Waals surface area (Å²) in [5.74, 6) is 0.926. The lowest BCUT2D eigenvalue weighted by atomic mass is 10.2. The van der Waals surface area contributed by atoms with E-state index in [4.69, 9.17) is 16.1 Å². The molecule has 11 heavy (non-hydrogen) atoms. The van der Waals surface area contributed by atoms with E-state index in [9.17, 15) is 0 Å². The lowest BCUT2D eigenvalue weighted by molar-refractivity contribution is 0.633. The second-order valence-electron chi connectivity index (χ2n) is 2.23. The van der Waals surface area contributed by atoms with Gasteiger partial charge in [0.1, 0.15) is 14.6 Å². The summed E-state index contributed by atoms with van der Waals surface area (Å²) in [6, 6.07) is 7.86. The van der Waals surface area contributed by atoms with Crippen molar-refractivity contribution in [3.8, 4) is 5.75 Å². The Hall–Kier alpha value is -0.520. The lowest BCUT2D eigenvalue weighted by Crippen LogP contribution is -1.87. The van der Waals surface area contributed by atoms with Crippen molar-refractivity contribution in [1.29, 1.82) is 0 Å². The first-order chi connectivity index (χ1) is 5.36. The number of halogens is 1. The Morgan fingerprint density at radius 2 is 2.09 bits per heavy atom. The van der Waals surface area contributed by atoms with Crippen LogP contribution in [0.15, 0.2) is 29.0 Å². The third kappa shape index (κ3) is 1.40. The Morgan fingerprint density at radius 3 is 3.00 bits per heavy atom. The summed E-state index contributed by atoms with van der Waals surface area (Å²) in [6.07, 6.45) is 1.94. The predicted octanol–water partition coefficient (Wildman–Crippen LogP) is 3.21. The average molecular weight is 185 g/mol. The number of hydrogen-bond donors (Lipinski definition) is 0. The molecule has 0 spiro atoms. The molecule has 1 atom stereocenters. The largest absolute Gasteiger partial charge is 0.471 e. The second kappa shape index (κ2) is 2.84. The van der Waals surface area contributed by atoms with Crippen molar-refractivity contribution in [2.45, 2.75) is 0 Å². The Balaban J connectivity index is 2.51. The molecule has 0 bridgehead atoms. The molecule has 0 fully saturated rings. The Kier molecular flexibility index (Phi) is 1.85. The predicted molar refractivity (Wildman–Crippen MR) is 49.2 cm³/mol. The SMILES string of the molecule is ClC1=Cc2ccccc2OP1. The molecule has 1 nitrogen and oxygen atoms in total. The molecule has 0 amide bonds. The van der Waals surface area contributed by atoms with Gasteiger partial charge >= 0.3 is 0 Å². The van der Waals surface area contributed by atoms with Gasteiger partial charge in [-0.1, -0.05) is 29.8 Å². The zero-order valence-corrected chi connectivity index (χ0v) is 7.43. The first-order valence-electron chi connectivity index (χ1n) is 3.25. The molecule has 0 aliphatic carbocycles. The molecule has 0 saturated carbocycles. The van der Waals surface area contributed by atoms with Crippen LogP contribution in [0.4, 0.5) is 0 Å². The molecule has 56 valence electrons. The van der Waals surface area contributed by atoms with Crippen LogP contribution in [-0.2, 0) is 0 Å². The van der Waals surface area contributed by atoms with Crippen molar-refractivity contribution in [2.75, 3.05) is 0 Å². The molecule has 1 aromatic rings. The molecule has 1 aromatic carbocycles.